The molecular weight excluding hydrogens is 630 g/mol. The van der Waals surface area contributed by atoms with Crippen molar-refractivity contribution in [2.24, 2.45) is 29.1 Å². The zero-order chi connectivity index (χ0) is 35.9. The lowest BCUT2D eigenvalue weighted by Gasteiger charge is -2.56. The van der Waals surface area contributed by atoms with Crippen molar-refractivity contribution in [3.63, 3.8) is 0 Å². The van der Waals surface area contributed by atoms with Gasteiger partial charge in [-0.15, -0.1) is 0 Å². The van der Waals surface area contributed by atoms with Gasteiger partial charge in [-0.05, 0) is 120 Å². The molecule has 50 heavy (non-hydrogen) atoms. The molecule has 4 saturated carbocycles. The van der Waals surface area contributed by atoms with E-state index in [1.807, 2.05) is 0 Å². The van der Waals surface area contributed by atoms with Crippen LogP contribution in [0, 0.1) is 29.1 Å². The standard InChI is InChI=1S/C42H71NO7/c1-4-7-8-9-10-11-12-13-14-15-16-17-18-19-20-22-39(44)48-32-38(34-50-41(46)47-24-21-23-43(5-2)6-3)33-49-40(45)31-42-28-35-25-36(29-42)27-37(26-35)30-42/h10-11,13-14,35-38H,4-9,12,15-34H2,1-3H3/b11-10-,14-13-/t35-,36?,37?,38?,42+. The molecule has 0 aromatic carbocycles. The smallest absolute Gasteiger partial charge is 0.465 e. The lowest BCUT2D eigenvalue weighted by Crippen LogP contribution is -2.47. The molecule has 0 heterocycles. The van der Waals surface area contributed by atoms with Crippen LogP contribution in [0.2, 0.25) is 0 Å². The highest BCUT2D eigenvalue weighted by Gasteiger charge is 2.51. The van der Waals surface area contributed by atoms with Crippen LogP contribution in [0.5, 0.6) is 0 Å². The van der Waals surface area contributed by atoms with Crippen LogP contribution in [0.15, 0.2) is 24.3 Å². The number of rotatable bonds is 28. The summed E-state index contributed by atoms with van der Waals surface area (Å²) in [5.74, 6) is 1.42. The van der Waals surface area contributed by atoms with Crippen molar-refractivity contribution >= 4 is 18.1 Å². The first-order valence-electron chi connectivity index (χ1n) is 20.5. The number of unbranched alkanes of at least 4 members (excludes halogenated alkanes) is 8. The Labute approximate surface area is 304 Å². The van der Waals surface area contributed by atoms with Gasteiger partial charge in [0.2, 0.25) is 0 Å². The maximum atomic E-state index is 13.1. The van der Waals surface area contributed by atoms with Gasteiger partial charge in [-0.3, -0.25) is 9.59 Å². The molecule has 0 N–H and O–H groups in total. The fraction of sp³-hybridized carbons (Fsp3) is 0.833. The van der Waals surface area contributed by atoms with Crippen LogP contribution >= 0.6 is 0 Å². The van der Waals surface area contributed by atoms with Crippen LogP contribution in [0.3, 0.4) is 0 Å². The lowest BCUT2D eigenvalue weighted by atomic mass is 9.49. The Kier molecular flexibility index (Phi) is 20.8. The summed E-state index contributed by atoms with van der Waals surface area (Å²) >= 11 is 0. The minimum Gasteiger partial charge on any atom is -0.465 e. The summed E-state index contributed by atoms with van der Waals surface area (Å²) in [6.07, 6.45) is 29.7. The molecule has 1 unspecified atom stereocenters. The molecule has 0 radical (unpaired) electrons. The molecule has 0 aromatic rings. The van der Waals surface area contributed by atoms with Crippen molar-refractivity contribution in [2.45, 2.75) is 149 Å². The molecule has 4 aliphatic rings. The Morgan fingerprint density at radius 1 is 0.660 bits per heavy atom. The van der Waals surface area contributed by atoms with Gasteiger partial charge in [0.15, 0.2) is 0 Å². The van der Waals surface area contributed by atoms with Gasteiger partial charge in [-0.1, -0.05) is 77.2 Å². The third kappa shape index (κ3) is 17.2. The first-order chi connectivity index (χ1) is 24.3. The number of hydrogen-bond donors (Lipinski definition) is 0. The molecule has 4 rings (SSSR count). The van der Waals surface area contributed by atoms with Crippen LogP contribution in [-0.2, 0) is 28.5 Å². The average molecular weight is 702 g/mol. The van der Waals surface area contributed by atoms with Crippen molar-refractivity contribution < 1.29 is 33.3 Å². The van der Waals surface area contributed by atoms with E-state index < -0.39 is 12.1 Å². The summed E-state index contributed by atoms with van der Waals surface area (Å²) in [7, 11) is 0. The third-order valence-corrected chi connectivity index (χ3v) is 11.1. The molecule has 0 spiro atoms. The molecular formula is C42H71NO7. The van der Waals surface area contributed by atoms with Gasteiger partial charge >= 0.3 is 18.1 Å². The van der Waals surface area contributed by atoms with E-state index in [2.05, 4.69) is 50.0 Å². The summed E-state index contributed by atoms with van der Waals surface area (Å²) < 4.78 is 22.0. The summed E-state index contributed by atoms with van der Waals surface area (Å²) in [6.45, 7) is 9.57. The largest absolute Gasteiger partial charge is 0.508 e. The van der Waals surface area contributed by atoms with Crippen LogP contribution in [0.4, 0.5) is 4.79 Å². The van der Waals surface area contributed by atoms with E-state index in [1.165, 1.54) is 51.4 Å². The molecule has 8 heteroatoms. The highest BCUT2D eigenvalue weighted by atomic mass is 16.7. The van der Waals surface area contributed by atoms with Gasteiger partial charge in [0.1, 0.15) is 19.8 Å². The number of carbonyl (C=O) groups excluding carboxylic acids is 3. The first kappa shape index (κ1) is 42.1. The molecule has 0 aliphatic heterocycles. The minimum atomic E-state index is -0.745. The number of hydrogen-bond acceptors (Lipinski definition) is 8. The minimum absolute atomic E-state index is 0.0313. The van der Waals surface area contributed by atoms with Crippen molar-refractivity contribution in [3.8, 4) is 0 Å². The fourth-order valence-corrected chi connectivity index (χ4v) is 8.79. The molecule has 286 valence electrons. The van der Waals surface area contributed by atoms with E-state index in [1.54, 1.807) is 0 Å². The normalized spacial score (nSPS) is 23.2. The van der Waals surface area contributed by atoms with Gasteiger partial charge in [-0.2, -0.15) is 0 Å². The van der Waals surface area contributed by atoms with E-state index in [4.69, 9.17) is 18.9 Å². The SMILES string of the molecule is CCCCC/C=C\C/C=C\CCCCCCCC(=O)OCC(COC(=O)C[C@]12CC3CC(C[C@@H](C3)C1)C2)COC(=O)OCCCN(CC)CC. The number of allylic oxidation sites excluding steroid dienone is 4. The Bertz CT molecular complexity index is 984. The summed E-state index contributed by atoms with van der Waals surface area (Å²) in [4.78, 5) is 40.2. The van der Waals surface area contributed by atoms with E-state index in [9.17, 15) is 14.4 Å². The fourth-order valence-electron chi connectivity index (χ4n) is 8.79. The quantitative estimate of drug-likeness (QED) is 0.0345. The maximum absolute atomic E-state index is 13.1. The molecule has 4 aliphatic carbocycles. The molecule has 8 nitrogen and oxygen atoms in total. The van der Waals surface area contributed by atoms with Gasteiger partial charge in [0.05, 0.1) is 18.9 Å². The predicted molar refractivity (Wildman–Crippen MR) is 200 cm³/mol. The first-order valence-corrected chi connectivity index (χ1v) is 20.5. The maximum Gasteiger partial charge on any atom is 0.508 e. The summed E-state index contributed by atoms with van der Waals surface area (Å²) in [5, 5.41) is 0. The zero-order valence-electron chi connectivity index (χ0n) is 32.0. The third-order valence-electron chi connectivity index (χ3n) is 11.1. The lowest BCUT2D eigenvalue weighted by molar-refractivity contribution is -0.155. The second-order valence-electron chi connectivity index (χ2n) is 15.6. The van der Waals surface area contributed by atoms with E-state index in [0.29, 0.717) is 12.8 Å². The van der Waals surface area contributed by atoms with Gasteiger partial charge in [-0.25, -0.2) is 4.79 Å². The van der Waals surface area contributed by atoms with Crippen LogP contribution in [0.25, 0.3) is 0 Å². The Morgan fingerprint density at radius 3 is 1.84 bits per heavy atom. The highest BCUT2D eigenvalue weighted by molar-refractivity contribution is 5.70. The summed E-state index contributed by atoms with van der Waals surface area (Å²) in [6, 6.07) is 0. The monoisotopic (exact) mass is 702 g/mol. The average Bonchev–Trinajstić information content (AvgIpc) is 3.08. The van der Waals surface area contributed by atoms with Gasteiger partial charge in [0, 0.05) is 13.0 Å². The van der Waals surface area contributed by atoms with Crippen molar-refractivity contribution in [3.05, 3.63) is 24.3 Å². The zero-order valence-corrected chi connectivity index (χ0v) is 32.0. The second kappa shape index (κ2) is 24.8. The van der Waals surface area contributed by atoms with Crippen molar-refractivity contribution in [1.29, 1.82) is 0 Å². The topological polar surface area (TPSA) is 91.4 Å². The van der Waals surface area contributed by atoms with Crippen molar-refractivity contribution in [2.75, 3.05) is 46.1 Å². The Hall–Kier alpha value is -2.35. The van der Waals surface area contributed by atoms with E-state index >= 15 is 0 Å². The number of nitrogens with zero attached hydrogens (tertiary/aromatic N) is 1. The second-order valence-corrected chi connectivity index (χ2v) is 15.6. The summed E-state index contributed by atoms with van der Waals surface area (Å²) in [5.41, 5.74) is 0.0980. The predicted octanol–water partition coefficient (Wildman–Crippen LogP) is 9.99. The Morgan fingerprint density at radius 2 is 1.22 bits per heavy atom. The van der Waals surface area contributed by atoms with Gasteiger partial charge < -0.3 is 23.8 Å². The number of ether oxygens (including phenoxy) is 4. The van der Waals surface area contributed by atoms with E-state index in [-0.39, 0.29) is 43.8 Å². The molecule has 0 aromatic heterocycles. The molecule has 0 saturated heterocycles. The van der Waals surface area contributed by atoms with Crippen LogP contribution in [0.1, 0.15) is 149 Å². The number of esters is 2. The van der Waals surface area contributed by atoms with Crippen LogP contribution in [-0.4, -0.2) is 69.1 Å². The van der Waals surface area contributed by atoms with Crippen molar-refractivity contribution in [1.82, 2.24) is 4.90 Å². The Balaban J connectivity index is 1.31. The number of carbonyl (C=O) groups is 3. The molecule has 4 fully saturated rings. The van der Waals surface area contributed by atoms with Gasteiger partial charge in [0.25, 0.3) is 0 Å². The molecule has 0 amide bonds. The molecule has 1 atom stereocenters. The van der Waals surface area contributed by atoms with Crippen LogP contribution < -0.4 is 0 Å². The molecule has 4 bridgehead atoms. The van der Waals surface area contributed by atoms with E-state index in [0.717, 1.165) is 102 Å². The highest BCUT2D eigenvalue weighted by Crippen LogP contribution is 2.61.